The average molecular weight is 618 g/mol. The molecule has 1 fully saturated rings. The number of rotatable bonds is 5. The van der Waals surface area contributed by atoms with Gasteiger partial charge in [0.2, 0.25) is 5.27 Å². The molecule has 0 spiro atoms. The SMILES string of the molecule is Nc1c(C(=O)Nc2c[n+](N3CCOCC3)no2)sc2nc(-c3cccc4ccccc34)cc(-c3ccc(C(F)(F)F)cc3)c12. The molecule has 1 aliphatic rings. The Morgan fingerprint density at radius 1 is 1.00 bits per heavy atom. The number of nitrogens with zero attached hydrogens (tertiary/aromatic N) is 4. The number of fused-ring (bicyclic) bond motifs is 2. The molecule has 3 N–H and O–H groups in total. The standard InChI is InChI=1S/C31H23F3N6O3S/c32-31(33,34)20-10-8-19(9-11-20)23-16-24(22-7-3-5-18-4-1-2-6-21(18)22)36-30-26(23)27(35)28(44-30)29(41)37-25-17-40(38-43-25)39-12-14-42-15-13-39/h1-11,16-17H,12-15H2,(H2-,35,37,38,41)/p+1. The predicted molar refractivity (Wildman–Crippen MR) is 161 cm³/mol. The average Bonchev–Trinajstić information content (AvgIpc) is 3.64. The molecule has 13 heteroatoms. The molecule has 9 nitrogen and oxygen atoms in total. The molecular formula is C31H24F3N6O3S+. The summed E-state index contributed by atoms with van der Waals surface area (Å²) in [6.07, 6.45) is -2.93. The number of halogens is 3. The van der Waals surface area contributed by atoms with Crippen LogP contribution in [0.1, 0.15) is 15.2 Å². The molecular weight excluding hydrogens is 593 g/mol. The highest BCUT2D eigenvalue weighted by molar-refractivity contribution is 7.21. The molecule has 3 aromatic carbocycles. The van der Waals surface area contributed by atoms with Crippen LogP contribution in [0.5, 0.6) is 0 Å². The van der Waals surface area contributed by atoms with Gasteiger partial charge in [-0.2, -0.15) is 13.2 Å². The number of benzene rings is 3. The van der Waals surface area contributed by atoms with Crippen LogP contribution in [0, 0.1) is 0 Å². The number of carbonyl (C=O) groups excluding carboxylic acids is 1. The Labute approximate surface area is 252 Å². The second-order valence-corrected chi connectivity index (χ2v) is 11.2. The van der Waals surface area contributed by atoms with Gasteiger partial charge in [-0.3, -0.25) is 14.6 Å². The van der Waals surface area contributed by atoms with Gasteiger partial charge < -0.3 is 10.5 Å². The van der Waals surface area contributed by atoms with Gasteiger partial charge in [0.25, 0.3) is 12.1 Å². The van der Waals surface area contributed by atoms with E-state index in [9.17, 15) is 18.0 Å². The number of thiophene rings is 1. The van der Waals surface area contributed by atoms with Gasteiger partial charge in [0.15, 0.2) is 0 Å². The highest BCUT2D eigenvalue weighted by Gasteiger charge is 2.31. The number of nitrogen functional groups attached to an aromatic ring is 1. The Balaban J connectivity index is 1.32. The topological polar surface area (TPSA) is 110 Å². The Bertz CT molecular complexity index is 2010. The summed E-state index contributed by atoms with van der Waals surface area (Å²) in [7, 11) is 0. The number of ether oxygens (including phenoxy) is 1. The van der Waals surface area contributed by atoms with Crippen molar-refractivity contribution in [1.82, 2.24) is 10.3 Å². The molecule has 0 radical (unpaired) electrons. The molecule has 44 heavy (non-hydrogen) atoms. The summed E-state index contributed by atoms with van der Waals surface area (Å²) in [5.74, 6) is -0.411. The summed E-state index contributed by atoms with van der Waals surface area (Å²) in [6, 6.07) is 20.4. The first kappa shape index (κ1) is 27.8. The van der Waals surface area contributed by atoms with Crippen LogP contribution in [0.3, 0.4) is 0 Å². The Morgan fingerprint density at radius 3 is 2.52 bits per heavy atom. The van der Waals surface area contributed by atoms with Crippen molar-refractivity contribution in [2.45, 2.75) is 6.18 Å². The van der Waals surface area contributed by atoms with Gasteiger partial charge in [-0.25, -0.2) is 4.98 Å². The molecule has 0 aliphatic carbocycles. The predicted octanol–water partition coefficient (Wildman–Crippen LogP) is 5.88. The van der Waals surface area contributed by atoms with Crippen LogP contribution >= 0.6 is 11.3 Å². The van der Waals surface area contributed by atoms with Gasteiger partial charge in [-0.15, -0.1) is 16.3 Å². The molecule has 6 aromatic rings. The van der Waals surface area contributed by atoms with Gasteiger partial charge in [0, 0.05) is 10.9 Å². The normalized spacial score (nSPS) is 13.9. The minimum atomic E-state index is -4.48. The fourth-order valence-electron chi connectivity index (χ4n) is 5.30. The van der Waals surface area contributed by atoms with Crippen molar-refractivity contribution in [2.24, 2.45) is 0 Å². The third kappa shape index (κ3) is 5.09. The summed E-state index contributed by atoms with van der Waals surface area (Å²) in [5.41, 5.74) is 8.49. The zero-order valence-corrected chi connectivity index (χ0v) is 23.8. The maximum atomic E-state index is 13.5. The molecule has 4 heterocycles. The van der Waals surface area contributed by atoms with Crippen LogP contribution in [0.15, 0.2) is 83.5 Å². The molecule has 0 saturated carbocycles. The van der Waals surface area contributed by atoms with Crippen molar-refractivity contribution in [1.29, 1.82) is 0 Å². The van der Waals surface area contributed by atoms with E-state index in [2.05, 4.69) is 10.6 Å². The number of nitrogens with one attached hydrogen (secondary N) is 1. The quantitative estimate of drug-likeness (QED) is 0.233. The van der Waals surface area contributed by atoms with E-state index in [0.29, 0.717) is 53.3 Å². The van der Waals surface area contributed by atoms with E-state index in [0.717, 1.165) is 39.8 Å². The lowest BCUT2D eigenvalue weighted by Gasteiger charge is -2.18. The Morgan fingerprint density at radius 2 is 1.75 bits per heavy atom. The van der Waals surface area contributed by atoms with Crippen LogP contribution in [0.4, 0.5) is 24.7 Å². The van der Waals surface area contributed by atoms with E-state index in [-0.39, 0.29) is 16.4 Å². The number of anilines is 2. The smallest absolute Gasteiger partial charge is 0.397 e. The van der Waals surface area contributed by atoms with Crippen molar-refractivity contribution in [3.8, 4) is 22.4 Å². The first-order chi connectivity index (χ1) is 21.3. The largest absolute Gasteiger partial charge is 0.416 e. The zero-order valence-electron chi connectivity index (χ0n) is 23.0. The second kappa shape index (κ2) is 10.9. The van der Waals surface area contributed by atoms with Crippen LogP contribution in [-0.2, 0) is 10.9 Å². The summed E-state index contributed by atoms with van der Waals surface area (Å²) in [5, 5.41) is 11.0. The molecule has 222 valence electrons. The molecule has 1 aliphatic heterocycles. The number of aromatic nitrogens is 3. The van der Waals surface area contributed by atoms with Crippen LogP contribution < -0.4 is 20.9 Å². The van der Waals surface area contributed by atoms with Gasteiger partial charge in [-0.1, -0.05) is 54.6 Å². The number of amides is 1. The van der Waals surface area contributed by atoms with E-state index in [1.807, 2.05) is 47.5 Å². The molecule has 7 rings (SSSR count). The van der Waals surface area contributed by atoms with Gasteiger partial charge in [0.1, 0.15) is 9.71 Å². The monoisotopic (exact) mass is 617 g/mol. The van der Waals surface area contributed by atoms with E-state index in [1.54, 1.807) is 12.3 Å². The van der Waals surface area contributed by atoms with Crippen LogP contribution in [0.25, 0.3) is 43.4 Å². The van der Waals surface area contributed by atoms with Crippen LogP contribution in [-0.4, -0.2) is 42.5 Å². The maximum absolute atomic E-state index is 13.5. The van der Waals surface area contributed by atoms with Crippen LogP contribution in [0.2, 0.25) is 0 Å². The number of pyridine rings is 1. The minimum Gasteiger partial charge on any atom is -0.397 e. The maximum Gasteiger partial charge on any atom is 0.416 e. The lowest BCUT2D eigenvalue weighted by molar-refractivity contribution is -0.759. The van der Waals surface area contributed by atoms with Gasteiger partial charge >= 0.3 is 12.1 Å². The van der Waals surface area contributed by atoms with E-state index >= 15 is 0 Å². The number of hydrogen-bond acceptors (Lipinski definition) is 8. The van der Waals surface area contributed by atoms with E-state index in [1.165, 1.54) is 16.9 Å². The first-order valence-electron chi connectivity index (χ1n) is 13.7. The molecule has 1 saturated heterocycles. The number of alkyl halides is 3. The number of nitrogens with two attached hydrogens (primary N) is 1. The van der Waals surface area contributed by atoms with Crippen molar-refractivity contribution in [3.05, 3.63) is 89.4 Å². The molecule has 0 unspecified atom stereocenters. The number of hydrogen-bond donors (Lipinski definition) is 2. The van der Waals surface area contributed by atoms with E-state index in [4.69, 9.17) is 20.0 Å². The lowest BCUT2D eigenvalue weighted by atomic mass is 9.96. The highest BCUT2D eigenvalue weighted by atomic mass is 32.1. The van der Waals surface area contributed by atoms with Crippen molar-refractivity contribution >= 4 is 49.8 Å². The lowest BCUT2D eigenvalue weighted by Crippen LogP contribution is -2.62. The Kier molecular flexibility index (Phi) is 6.90. The molecule has 3 aromatic heterocycles. The van der Waals surface area contributed by atoms with Gasteiger partial charge in [-0.05, 0) is 40.1 Å². The minimum absolute atomic E-state index is 0.116. The van der Waals surface area contributed by atoms with Crippen molar-refractivity contribution in [2.75, 3.05) is 42.4 Å². The summed E-state index contributed by atoms with van der Waals surface area (Å²) < 4.78 is 50.8. The van der Waals surface area contributed by atoms with Gasteiger partial charge in [0.05, 0.1) is 48.0 Å². The second-order valence-electron chi connectivity index (χ2n) is 10.2. The van der Waals surface area contributed by atoms with Crippen molar-refractivity contribution in [3.63, 3.8) is 0 Å². The Hall–Kier alpha value is -5.01. The summed E-state index contributed by atoms with van der Waals surface area (Å²) in [4.78, 5) is 20.5. The first-order valence-corrected chi connectivity index (χ1v) is 14.5. The fourth-order valence-corrected chi connectivity index (χ4v) is 6.31. The molecule has 0 atom stereocenters. The highest BCUT2D eigenvalue weighted by Crippen LogP contribution is 2.43. The number of morpholine rings is 1. The summed E-state index contributed by atoms with van der Waals surface area (Å²) in [6.45, 7) is 2.33. The number of carbonyl (C=O) groups is 1. The fraction of sp³-hybridized carbons (Fsp3) is 0.161. The van der Waals surface area contributed by atoms with Crippen molar-refractivity contribution < 1.29 is 32.0 Å². The molecule has 1 amide bonds. The summed E-state index contributed by atoms with van der Waals surface area (Å²) >= 11 is 1.09. The third-order valence-corrected chi connectivity index (χ3v) is 8.56. The van der Waals surface area contributed by atoms with E-state index < -0.39 is 17.6 Å². The zero-order chi connectivity index (χ0) is 30.4. The third-order valence-electron chi connectivity index (χ3n) is 7.46. The molecule has 0 bridgehead atoms.